The van der Waals surface area contributed by atoms with Crippen LogP contribution in [-0.2, 0) is 0 Å². The van der Waals surface area contributed by atoms with Gasteiger partial charge in [0, 0.05) is 5.92 Å². The van der Waals surface area contributed by atoms with E-state index in [9.17, 15) is 5.11 Å². The molecule has 2 aliphatic rings. The van der Waals surface area contributed by atoms with Gasteiger partial charge in [-0.1, -0.05) is 11.8 Å². The molecule has 0 aromatic heterocycles. The van der Waals surface area contributed by atoms with Crippen molar-refractivity contribution >= 4 is 0 Å². The molecule has 1 aliphatic heterocycles. The first-order valence-electron chi connectivity index (χ1n) is 4.74. The molecule has 1 aliphatic carbocycles. The van der Waals surface area contributed by atoms with Gasteiger partial charge in [0.05, 0.1) is 0 Å². The molecule has 2 N–H and O–H groups in total. The normalized spacial score (nSPS) is 27.4. The van der Waals surface area contributed by atoms with Crippen LogP contribution < -0.4 is 5.32 Å². The van der Waals surface area contributed by atoms with E-state index >= 15 is 0 Å². The Balaban J connectivity index is 1.94. The monoisotopic (exact) mass is 165 g/mol. The van der Waals surface area contributed by atoms with Crippen molar-refractivity contribution in [1.82, 2.24) is 5.32 Å². The van der Waals surface area contributed by atoms with Crippen LogP contribution in [0.2, 0.25) is 0 Å². The van der Waals surface area contributed by atoms with Gasteiger partial charge < -0.3 is 10.4 Å². The Bertz CT molecular complexity index is 216. The third-order valence-corrected chi connectivity index (χ3v) is 2.52. The lowest BCUT2D eigenvalue weighted by Gasteiger charge is -2.27. The molecule has 0 bridgehead atoms. The highest BCUT2D eigenvalue weighted by Crippen LogP contribution is 2.28. The molecule has 0 radical (unpaired) electrons. The smallest absolute Gasteiger partial charge is 0.127 e. The molecule has 0 aromatic carbocycles. The van der Waals surface area contributed by atoms with Crippen LogP contribution in [-0.4, -0.2) is 23.8 Å². The van der Waals surface area contributed by atoms with E-state index in [2.05, 4.69) is 17.2 Å². The van der Waals surface area contributed by atoms with Gasteiger partial charge in [-0.15, -0.1) is 0 Å². The summed E-state index contributed by atoms with van der Waals surface area (Å²) in [5.74, 6) is 6.77. The van der Waals surface area contributed by atoms with Crippen LogP contribution in [0.25, 0.3) is 0 Å². The molecule has 0 unspecified atom stereocenters. The maximum absolute atomic E-state index is 9.93. The lowest BCUT2D eigenvalue weighted by Crippen LogP contribution is -2.40. The van der Waals surface area contributed by atoms with E-state index < -0.39 is 5.60 Å². The zero-order valence-electron chi connectivity index (χ0n) is 7.27. The van der Waals surface area contributed by atoms with Crippen molar-refractivity contribution in [3.05, 3.63) is 0 Å². The molecular formula is C10H15NO. The Kier molecular flexibility index (Phi) is 2.08. The number of piperidine rings is 1. The fourth-order valence-electron chi connectivity index (χ4n) is 1.43. The first-order valence-corrected chi connectivity index (χ1v) is 4.74. The second kappa shape index (κ2) is 3.08. The van der Waals surface area contributed by atoms with Crippen molar-refractivity contribution in [2.45, 2.75) is 31.3 Å². The molecule has 2 nitrogen and oxygen atoms in total. The molecule has 1 saturated carbocycles. The van der Waals surface area contributed by atoms with Crippen LogP contribution in [0.4, 0.5) is 0 Å². The van der Waals surface area contributed by atoms with E-state index in [0.717, 1.165) is 25.9 Å². The third-order valence-electron chi connectivity index (χ3n) is 2.52. The molecular weight excluding hydrogens is 150 g/mol. The summed E-state index contributed by atoms with van der Waals surface area (Å²) in [7, 11) is 0. The highest BCUT2D eigenvalue weighted by atomic mass is 16.3. The molecule has 0 amide bonds. The highest BCUT2D eigenvalue weighted by molar-refractivity contribution is 5.19. The van der Waals surface area contributed by atoms with Gasteiger partial charge in [-0.25, -0.2) is 0 Å². The SMILES string of the molecule is OC1(C#CC2CC2)CCNCC1. The average Bonchev–Trinajstić information content (AvgIpc) is 2.85. The first-order chi connectivity index (χ1) is 5.79. The number of nitrogens with one attached hydrogen (secondary N) is 1. The predicted octanol–water partition coefficient (Wildman–Crippen LogP) is 0.514. The summed E-state index contributed by atoms with van der Waals surface area (Å²) < 4.78 is 0. The van der Waals surface area contributed by atoms with E-state index in [1.165, 1.54) is 12.8 Å². The fraction of sp³-hybridized carbons (Fsp3) is 0.800. The Labute approximate surface area is 73.4 Å². The van der Waals surface area contributed by atoms with Crippen molar-refractivity contribution in [1.29, 1.82) is 0 Å². The van der Waals surface area contributed by atoms with Crippen LogP contribution in [0.5, 0.6) is 0 Å². The van der Waals surface area contributed by atoms with Crippen molar-refractivity contribution < 1.29 is 5.11 Å². The highest BCUT2D eigenvalue weighted by Gasteiger charge is 2.27. The van der Waals surface area contributed by atoms with E-state index in [1.807, 2.05) is 0 Å². The van der Waals surface area contributed by atoms with E-state index in [-0.39, 0.29) is 0 Å². The second-order valence-electron chi connectivity index (χ2n) is 3.83. The molecule has 0 atom stereocenters. The van der Waals surface area contributed by atoms with Crippen molar-refractivity contribution in [3.8, 4) is 11.8 Å². The van der Waals surface area contributed by atoms with Gasteiger partial charge >= 0.3 is 0 Å². The Morgan fingerprint density at radius 3 is 2.50 bits per heavy atom. The number of hydrogen-bond acceptors (Lipinski definition) is 2. The zero-order chi connectivity index (χ0) is 8.44. The molecule has 0 aromatic rings. The summed E-state index contributed by atoms with van der Waals surface area (Å²) in [6, 6.07) is 0. The van der Waals surface area contributed by atoms with Gasteiger partial charge in [-0.3, -0.25) is 0 Å². The molecule has 66 valence electrons. The summed E-state index contributed by atoms with van der Waals surface area (Å²) in [5.41, 5.74) is -0.673. The molecule has 0 spiro atoms. The summed E-state index contributed by atoms with van der Waals surface area (Å²) in [6.07, 6.45) is 4.04. The van der Waals surface area contributed by atoms with E-state index in [0.29, 0.717) is 5.92 Å². The lowest BCUT2D eigenvalue weighted by molar-refractivity contribution is 0.0678. The molecule has 2 rings (SSSR count). The molecule has 1 saturated heterocycles. The van der Waals surface area contributed by atoms with E-state index in [4.69, 9.17) is 0 Å². The zero-order valence-corrected chi connectivity index (χ0v) is 7.27. The van der Waals surface area contributed by atoms with Crippen LogP contribution in [0, 0.1) is 17.8 Å². The van der Waals surface area contributed by atoms with Crippen molar-refractivity contribution in [2.24, 2.45) is 5.92 Å². The molecule has 1 heterocycles. The summed E-state index contributed by atoms with van der Waals surface area (Å²) in [6.45, 7) is 1.80. The van der Waals surface area contributed by atoms with Crippen molar-refractivity contribution in [2.75, 3.05) is 13.1 Å². The minimum atomic E-state index is -0.673. The third kappa shape index (κ3) is 2.00. The Hall–Kier alpha value is -0.520. The van der Waals surface area contributed by atoms with Crippen molar-refractivity contribution in [3.63, 3.8) is 0 Å². The molecule has 2 fully saturated rings. The topological polar surface area (TPSA) is 32.3 Å². The van der Waals surface area contributed by atoms with Gasteiger partial charge in [-0.05, 0) is 38.8 Å². The minimum Gasteiger partial charge on any atom is -0.378 e. The summed E-state index contributed by atoms with van der Waals surface area (Å²) >= 11 is 0. The average molecular weight is 165 g/mol. The summed E-state index contributed by atoms with van der Waals surface area (Å²) in [4.78, 5) is 0. The minimum absolute atomic E-state index is 0.601. The Morgan fingerprint density at radius 1 is 1.25 bits per heavy atom. The van der Waals surface area contributed by atoms with Crippen LogP contribution in [0.1, 0.15) is 25.7 Å². The standard InChI is InChI=1S/C10H15NO/c12-10(4-3-9-1-2-9)5-7-11-8-6-10/h9,11-12H,1-2,5-8H2. The molecule has 12 heavy (non-hydrogen) atoms. The van der Waals surface area contributed by atoms with Gasteiger partial charge in [-0.2, -0.15) is 0 Å². The predicted molar refractivity (Wildman–Crippen MR) is 47.6 cm³/mol. The van der Waals surface area contributed by atoms with Gasteiger partial charge in [0.1, 0.15) is 5.60 Å². The van der Waals surface area contributed by atoms with E-state index in [1.54, 1.807) is 0 Å². The summed E-state index contributed by atoms with van der Waals surface area (Å²) in [5, 5.41) is 13.1. The largest absolute Gasteiger partial charge is 0.378 e. The van der Waals surface area contributed by atoms with Crippen LogP contribution in [0.15, 0.2) is 0 Å². The maximum Gasteiger partial charge on any atom is 0.127 e. The maximum atomic E-state index is 9.93. The molecule has 2 heteroatoms. The number of aliphatic hydroxyl groups is 1. The lowest BCUT2D eigenvalue weighted by atomic mass is 9.93. The van der Waals surface area contributed by atoms with Gasteiger partial charge in [0.2, 0.25) is 0 Å². The van der Waals surface area contributed by atoms with Gasteiger partial charge in [0.25, 0.3) is 0 Å². The van der Waals surface area contributed by atoms with Crippen LogP contribution >= 0.6 is 0 Å². The number of hydrogen-bond donors (Lipinski definition) is 2. The quantitative estimate of drug-likeness (QED) is 0.513. The number of rotatable bonds is 0. The van der Waals surface area contributed by atoms with Crippen LogP contribution in [0.3, 0.4) is 0 Å². The Morgan fingerprint density at radius 2 is 1.92 bits per heavy atom. The first kappa shape index (κ1) is 8.10. The second-order valence-corrected chi connectivity index (χ2v) is 3.83. The van der Waals surface area contributed by atoms with Gasteiger partial charge in [0.15, 0.2) is 0 Å². The fourth-order valence-corrected chi connectivity index (χ4v) is 1.43.